The molecule has 0 aliphatic rings. The van der Waals surface area contributed by atoms with Crippen LogP contribution < -0.4 is 0 Å². The summed E-state index contributed by atoms with van der Waals surface area (Å²) in [6.07, 6.45) is 0.0489. The van der Waals surface area contributed by atoms with E-state index < -0.39 is 6.37 Å². The molecule has 4 heteroatoms. The molecule has 0 aliphatic heterocycles. The van der Waals surface area contributed by atoms with Gasteiger partial charge < -0.3 is 8.98 Å². The molecule has 0 unspecified atom stereocenters. The molecule has 0 fully saturated rings. The highest BCUT2D eigenvalue weighted by molar-refractivity contribution is 6.10. The van der Waals surface area contributed by atoms with Crippen LogP contribution in [-0.2, 0) is 6.37 Å². The molecule has 0 saturated carbocycles. The zero-order chi connectivity index (χ0) is 29.4. The summed E-state index contributed by atoms with van der Waals surface area (Å²) in [6.45, 7) is 0. The lowest BCUT2D eigenvalue weighted by Gasteiger charge is -2.10. The largest absolute Gasteiger partial charge is 0.456 e. The van der Waals surface area contributed by atoms with E-state index in [1.165, 1.54) is 0 Å². The maximum atomic E-state index is 9.37. The van der Waals surface area contributed by atoms with Gasteiger partial charge in [-0.15, -0.1) is 0 Å². The van der Waals surface area contributed by atoms with E-state index in [0.717, 1.165) is 66.2 Å². The Hall–Kier alpha value is -5.61. The summed E-state index contributed by atoms with van der Waals surface area (Å²) in [4.78, 5) is 4.53. The number of hydrogen-bond acceptors (Lipinski definition) is 2. The van der Waals surface area contributed by atoms with Crippen LogP contribution >= 0.6 is 0 Å². The van der Waals surface area contributed by atoms with Crippen molar-refractivity contribution >= 4 is 54.8 Å². The van der Waals surface area contributed by atoms with E-state index in [4.69, 9.17) is 4.42 Å². The monoisotopic (exact) mass is 541 g/mol. The third-order valence-electron chi connectivity index (χ3n) is 8.16. The van der Waals surface area contributed by atoms with Crippen LogP contribution in [0.15, 0.2) is 144 Å². The summed E-state index contributed by atoms with van der Waals surface area (Å²) < 4.78 is 29.2. The molecule has 9 aromatic rings. The van der Waals surface area contributed by atoms with Gasteiger partial charge in [-0.05, 0) is 72.1 Å². The molecule has 0 radical (unpaired) electrons. The van der Waals surface area contributed by atoms with E-state index in [-0.39, 0.29) is 0 Å². The van der Waals surface area contributed by atoms with Gasteiger partial charge in [0.15, 0.2) is 0 Å². The van der Waals surface area contributed by atoms with Crippen molar-refractivity contribution in [1.82, 2.24) is 14.1 Å². The standard InChI is InChI=1S/C38H25N3O/c1-4-13-34-29(10-1)30-18-16-26(20-25-8-7-9-27(21-25)40-24-39-33-12-3-5-14-35(33)40)22-36(30)41(34)28-17-19-32-31-11-2-6-15-37(31)42-38(32)23-28/h1-19,21-24H,20H2/i20D2. The van der Waals surface area contributed by atoms with Gasteiger partial charge >= 0.3 is 0 Å². The molecule has 6 aromatic carbocycles. The van der Waals surface area contributed by atoms with Crippen molar-refractivity contribution in [3.63, 3.8) is 0 Å². The van der Waals surface area contributed by atoms with Crippen LogP contribution in [-0.4, -0.2) is 14.1 Å². The van der Waals surface area contributed by atoms with Crippen LogP contribution in [0.5, 0.6) is 0 Å². The van der Waals surface area contributed by atoms with Gasteiger partial charge in [0.05, 0.1) is 22.1 Å². The fraction of sp³-hybridized carbons (Fsp3) is 0.0263. The molecule has 0 saturated heterocycles. The minimum absolute atomic E-state index is 0.582. The van der Waals surface area contributed by atoms with Crippen molar-refractivity contribution in [3.05, 3.63) is 151 Å². The highest BCUT2D eigenvalue weighted by atomic mass is 16.3. The minimum Gasteiger partial charge on any atom is -0.456 e. The number of hydrogen-bond donors (Lipinski definition) is 0. The van der Waals surface area contributed by atoms with Crippen molar-refractivity contribution in [3.8, 4) is 11.4 Å². The predicted molar refractivity (Wildman–Crippen MR) is 172 cm³/mol. The number of rotatable bonds is 4. The fourth-order valence-corrected chi connectivity index (χ4v) is 6.25. The second kappa shape index (κ2) is 8.95. The van der Waals surface area contributed by atoms with Crippen LogP contribution in [0.3, 0.4) is 0 Å². The summed E-state index contributed by atoms with van der Waals surface area (Å²) >= 11 is 0. The number of imidazole rings is 1. The molecule has 9 rings (SSSR count). The smallest absolute Gasteiger partial charge is 0.137 e. The first kappa shape index (κ1) is 21.2. The molecular weight excluding hydrogens is 514 g/mol. The second-order valence-corrected chi connectivity index (χ2v) is 10.6. The van der Waals surface area contributed by atoms with Crippen LogP contribution in [0.1, 0.15) is 13.9 Å². The van der Waals surface area contributed by atoms with Crippen LogP contribution in [0, 0.1) is 0 Å². The van der Waals surface area contributed by atoms with Crippen molar-refractivity contribution < 1.29 is 7.16 Å². The Balaban J connectivity index is 1.21. The Morgan fingerprint density at radius 1 is 0.548 bits per heavy atom. The summed E-state index contributed by atoms with van der Waals surface area (Å²) in [5, 5.41) is 4.36. The van der Waals surface area contributed by atoms with Crippen molar-refractivity contribution in [2.24, 2.45) is 0 Å². The molecule has 42 heavy (non-hydrogen) atoms. The fourth-order valence-electron chi connectivity index (χ4n) is 6.25. The van der Waals surface area contributed by atoms with Crippen LogP contribution in [0.2, 0.25) is 0 Å². The van der Waals surface area contributed by atoms with Crippen LogP contribution in [0.4, 0.5) is 0 Å². The third kappa shape index (κ3) is 3.52. The quantitative estimate of drug-likeness (QED) is 0.222. The zero-order valence-electron chi connectivity index (χ0n) is 24.5. The first-order valence-electron chi connectivity index (χ1n) is 15.0. The van der Waals surface area contributed by atoms with Crippen LogP contribution in [0.25, 0.3) is 66.2 Å². The van der Waals surface area contributed by atoms with Gasteiger partial charge in [0.1, 0.15) is 17.5 Å². The van der Waals surface area contributed by atoms with E-state index >= 15 is 0 Å². The van der Waals surface area contributed by atoms with E-state index in [1.807, 2.05) is 102 Å². The normalized spacial score (nSPS) is 13.0. The second-order valence-electron chi connectivity index (χ2n) is 10.6. The predicted octanol–water partition coefficient (Wildman–Crippen LogP) is 9.61. The van der Waals surface area contributed by atoms with E-state index in [2.05, 4.69) is 45.9 Å². The number of aromatic nitrogens is 3. The number of para-hydroxylation sites is 4. The zero-order valence-corrected chi connectivity index (χ0v) is 22.5. The average molecular weight is 542 g/mol. The lowest BCUT2D eigenvalue weighted by atomic mass is 10.0. The van der Waals surface area contributed by atoms with Crippen molar-refractivity contribution in [2.45, 2.75) is 6.37 Å². The van der Waals surface area contributed by atoms with Crippen molar-refractivity contribution in [1.29, 1.82) is 0 Å². The van der Waals surface area contributed by atoms with Gasteiger partial charge in [-0.1, -0.05) is 72.8 Å². The molecule has 0 spiro atoms. The topological polar surface area (TPSA) is 35.9 Å². The van der Waals surface area contributed by atoms with E-state index in [0.29, 0.717) is 11.1 Å². The Morgan fingerprint density at radius 3 is 2.24 bits per heavy atom. The summed E-state index contributed by atoms with van der Waals surface area (Å²) in [6, 6.07) is 44.4. The summed E-state index contributed by atoms with van der Waals surface area (Å²) in [5.41, 5.74) is 8.59. The van der Waals surface area contributed by atoms with Gasteiger partial charge in [0.2, 0.25) is 0 Å². The average Bonchev–Trinajstić information content (AvgIpc) is 3.76. The molecule has 0 amide bonds. The molecule has 198 valence electrons. The highest BCUT2D eigenvalue weighted by Gasteiger charge is 2.15. The summed E-state index contributed by atoms with van der Waals surface area (Å²) in [5.74, 6) is 0. The first-order chi connectivity index (χ1) is 21.6. The minimum atomic E-state index is -1.75. The number of fused-ring (bicyclic) bond motifs is 7. The lowest BCUT2D eigenvalue weighted by molar-refractivity contribution is 0.668. The lowest BCUT2D eigenvalue weighted by Crippen LogP contribution is -1.96. The van der Waals surface area contributed by atoms with E-state index in [1.54, 1.807) is 6.33 Å². The Bertz CT molecular complexity index is 2550. The molecule has 0 atom stereocenters. The Labute approximate surface area is 244 Å². The summed E-state index contributed by atoms with van der Waals surface area (Å²) in [7, 11) is 0. The van der Waals surface area contributed by atoms with Gasteiger partial charge in [-0.2, -0.15) is 0 Å². The maximum absolute atomic E-state index is 9.37. The highest BCUT2D eigenvalue weighted by Crippen LogP contribution is 2.36. The van der Waals surface area contributed by atoms with Gasteiger partial charge in [-0.25, -0.2) is 4.98 Å². The molecule has 4 nitrogen and oxygen atoms in total. The molecular formula is C38H25N3O. The Morgan fingerprint density at radius 2 is 1.29 bits per heavy atom. The molecule has 0 aliphatic carbocycles. The van der Waals surface area contributed by atoms with Gasteiger partial charge in [-0.3, -0.25) is 4.57 Å². The number of benzene rings is 6. The van der Waals surface area contributed by atoms with Gasteiger partial charge in [0, 0.05) is 41.7 Å². The SMILES string of the molecule is [2H]C([2H])(c1cccc(-n2cnc3ccccc32)c1)c1ccc2c3ccccc3n(-c3ccc4c(c3)oc3ccccc34)c2c1. The molecule has 3 heterocycles. The number of nitrogens with zero attached hydrogens (tertiary/aromatic N) is 3. The van der Waals surface area contributed by atoms with E-state index in [9.17, 15) is 2.74 Å². The maximum Gasteiger partial charge on any atom is 0.137 e. The number of furan rings is 1. The third-order valence-corrected chi connectivity index (χ3v) is 8.16. The van der Waals surface area contributed by atoms with Gasteiger partial charge in [0.25, 0.3) is 0 Å². The first-order valence-corrected chi connectivity index (χ1v) is 14.0. The molecule has 3 aromatic heterocycles. The van der Waals surface area contributed by atoms with Crippen molar-refractivity contribution in [2.75, 3.05) is 0 Å². The Kier molecular flexibility index (Phi) is 4.51. The molecule has 0 N–H and O–H groups in total. The molecule has 0 bridgehead atoms.